The average Bonchev–Trinajstić information content (AvgIpc) is 3.19. The van der Waals surface area contributed by atoms with Crippen LogP contribution in [0, 0.1) is 6.92 Å². The van der Waals surface area contributed by atoms with Gasteiger partial charge in [-0.1, -0.05) is 29.3 Å². The summed E-state index contributed by atoms with van der Waals surface area (Å²) in [6.07, 6.45) is 2.75. The van der Waals surface area contributed by atoms with Crippen LogP contribution in [0.4, 0.5) is 4.79 Å². The van der Waals surface area contributed by atoms with Crippen LogP contribution >= 0.6 is 23.2 Å². The van der Waals surface area contributed by atoms with E-state index in [9.17, 15) is 4.79 Å². The lowest BCUT2D eigenvalue weighted by Gasteiger charge is -2.16. The van der Waals surface area contributed by atoms with Gasteiger partial charge in [0, 0.05) is 18.5 Å². The molecular weight excluding hydrogens is 349 g/mol. The minimum Gasteiger partial charge on any atom is -0.391 e. The smallest absolute Gasteiger partial charge is 0.391 e. The Bertz CT molecular complexity index is 872. The van der Waals surface area contributed by atoms with Crippen molar-refractivity contribution in [3.05, 3.63) is 70.1 Å². The van der Waals surface area contributed by atoms with Crippen LogP contribution in [0.5, 0.6) is 5.88 Å². The maximum absolute atomic E-state index is 12.2. The Balaban J connectivity index is 1.90. The highest BCUT2D eigenvalue weighted by Gasteiger charge is 2.18. The number of aryl methyl sites for hydroxylation is 1. The molecule has 3 rings (SSSR count). The molecule has 5 nitrogen and oxygen atoms in total. The van der Waals surface area contributed by atoms with Gasteiger partial charge in [0.2, 0.25) is 5.88 Å². The van der Waals surface area contributed by atoms with Gasteiger partial charge in [-0.15, -0.1) is 0 Å². The largest absolute Gasteiger partial charge is 0.424 e. The van der Waals surface area contributed by atoms with E-state index in [1.165, 1.54) is 4.57 Å². The molecule has 24 heavy (non-hydrogen) atoms. The van der Waals surface area contributed by atoms with Gasteiger partial charge >= 0.3 is 6.09 Å². The number of carbonyl (C=O) groups is 1. The summed E-state index contributed by atoms with van der Waals surface area (Å²) in [5.41, 5.74) is 1.66. The highest BCUT2D eigenvalue weighted by Crippen LogP contribution is 2.29. The van der Waals surface area contributed by atoms with E-state index in [-0.39, 0.29) is 6.04 Å². The van der Waals surface area contributed by atoms with Gasteiger partial charge in [0.1, 0.15) is 0 Å². The maximum atomic E-state index is 12.2. The quantitative estimate of drug-likeness (QED) is 0.660. The Hall–Kier alpha value is -2.24. The normalized spacial score (nSPS) is 12.2. The van der Waals surface area contributed by atoms with Crippen molar-refractivity contribution >= 4 is 29.3 Å². The number of ether oxygens (including phenoxy) is 1. The topological polar surface area (TPSA) is 49.0 Å². The molecule has 1 aromatic carbocycles. The minimum atomic E-state index is -0.498. The highest BCUT2D eigenvalue weighted by atomic mass is 35.5. The molecule has 3 aromatic rings. The van der Waals surface area contributed by atoms with Crippen LogP contribution in [0.1, 0.15) is 24.2 Å². The van der Waals surface area contributed by atoms with E-state index in [2.05, 4.69) is 5.10 Å². The molecule has 2 aromatic heterocycles. The summed E-state index contributed by atoms with van der Waals surface area (Å²) in [7, 11) is 0. The minimum absolute atomic E-state index is 0.180. The summed E-state index contributed by atoms with van der Waals surface area (Å²) in [4.78, 5) is 12.2. The average molecular weight is 364 g/mol. The van der Waals surface area contributed by atoms with Crippen LogP contribution in [0.15, 0.2) is 48.8 Å². The molecule has 0 radical (unpaired) electrons. The molecule has 0 N–H and O–H groups in total. The molecule has 0 amide bonds. The number of carbonyl (C=O) groups excluding carboxylic acids is 1. The number of halogens is 2. The fourth-order valence-electron chi connectivity index (χ4n) is 2.36. The molecule has 0 saturated heterocycles. The van der Waals surface area contributed by atoms with E-state index in [1.807, 2.05) is 19.9 Å². The van der Waals surface area contributed by atoms with Crippen molar-refractivity contribution < 1.29 is 9.53 Å². The Labute approximate surface area is 149 Å². The van der Waals surface area contributed by atoms with Crippen molar-refractivity contribution in [1.82, 2.24) is 14.3 Å². The second kappa shape index (κ2) is 6.71. The maximum Gasteiger partial charge on any atom is 0.424 e. The van der Waals surface area contributed by atoms with Gasteiger partial charge in [-0.05, 0) is 43.7 Å². The molecule has 7 heteroatoms. The number of benzene rings is 1. The van der Waals surface area contributed by atoms with Crippen LogP contribution < -0.4 is 4.74 Å². The molecule has 0 spiro atoms. The number of aromatic nitrogens is 3. The first kappa shape index (κ1) is 16.6. The predicted molar refractivity (Wildman–Crippen MR) is 93.1 cm³/mol. The zero-order valence-electron chi connectivity index (χ0n) is 13.1. The molecule has 0 saturated carbocycles. The van der Waals surface area contributed by atoms with Gasteiger partial charge in [0.25, 0.3) is 0 Å². The standard InChI is InChI=1S/C17H15Cl2N3O2/c1-11-9-16(24-17(23)21-7-3-4-8-21)22(20-11)12(2)13-5-6-14(18)15(19)10-13/h3-10,12H,1-2H3. The van der Waals surface area contributed by atoms with Crippen LogP contribution in [0.3, 0.4) is 0 Å². The second-order valence-electron chi connectivity index (χ2n) is 5.38. The molecule has 0 aliphatic heterocycles. The van der Waals surface area contributed by atoms with Crippen LogP contribution in [-0.2, 0) is 0 Å². The Kier molecular flexibility index (Phi) is 4.64. The van der Waals surface area contributed by atoms with Crippen molar-refractivity contribution in [2.45, 2.75) is 19.9 Å². The SMILES string of the molecule is Cc1cc(OC(=O)n2cccc2)n(C(C)c2ccc(Cl)c(Cl)c2)n1. The summed E-state index contributed by atoms with van der Waals surface area (Å²) in [5.74, 6) is 0.366. The lowest BCUT2D eigenvalue weighted by molar-refractivity contribution is 0.196. The van der Waals surface area contributed by atoms with Gasteiger partial charge in [-0.3, -0.25) is 4.57 Å². The lowest BCUT2D eigenvalue weighted by Crippen LogP contribution is -2.18. The van der Waals surface area contributed by atoms with Crippen molar-refractivity contribution in [1.29, 1.82) is 0 Å². The predicted octanol–water partition coefficient (Wildman–Crippen LogP) is 4.96. The summed E-state index contributed by atoms with van der Waals surface area (Å²) in [5, 5.41) is 5.39. The molecule has 0 fully saturated rings. The number of hydrogen-bond acceptors (Lipinski definition) is 3. The van der Waals surface area contributed by atoms with Crippen LogP contribution in [-0.4, -0.2) is 20.4 Å². The Morgan fingerprint density at radius 3 is 2.54 bits per heavy atom. The van der Waals surface area contributed by atoms with Gasteiger partial charge in [0.05, 0.1) is 21.8 Å². The monoisotopic (exact) mass is 363 g/mol. The number of rotatable bonds is 3. The van der Waals surface area contributed by atoms with E-state index in [0.29, 0.717) is 15.9 Å². The first-order chi connectivity index (χ1) is 11.5. The molecule has 2 heterocycles. The van der Waals surface area contributed by atoms with Crippen molar-refractivity contribution in [2.75, 3.05) is 0 Å². The molecule has 0 aliphatic carbocycles. The number of hydrogen-bond donors (Lipinski definition) is 0. The van der Waals surface area contributed by atoms with Gasteiger partial charge < -0.3 is 4.74 Å². The lowest BCUT2D eigenvalue weighted by atomic mass is 10.1. The molecule has 0 aliphatic rings. The third-order valence-corrected chi connectivity index (χ3v) is 4.36. The fourth-order valence-corrected chi connectivity index (χ4v) is 2.66. The first-order valence-corrected chi connectivity index (χ1v) is 8.07. The van der Waals surface area contributed by atoms with E-state index >= 15 is 0 Å². The summed E-state index contributed by atoms with van der Waals surface area (Å²) in [6.45, 7) is 3.78. The third-order valence-electron chi connectivity index (χ3n) is 3.62. The van der Waals surface area contributed by atoms with Crippen LogP contribution in [0.25, 0.3) is 0 Å². The van der Waals surface area contributed by atoms with E-state index < -0.39 is 6.09 Å². The highest BCUT2D eigenvalue weighted by molar-refractivity contribution is 6.42. The zero-order valence-corrected chi connectivity index (χ0v) is 14.6. The fraction of sp³-hybridized carbons (Fsp3) is 0.176. The molecule has 124 valence electrons. The van der Waals surface area contributed by atoms with Gasteiger partial charge in [-0.25, -0.2) is 9.48 Å². The van der Waals surface area contributed by atoms with Crippen molar-refractivity contribution in [3.63, 3.8) is 0 Å². The Morgan fingerprint density at radius 1 is 1.17 bits per heavy atom. The summed E-state index contributed by atoms with van der Waals surface area (Å²) < 4.78 is 8.48. The molecule has 0 bridgehead atoms. The van der Waals surface area contributed by atoms with Crippen molar-refractivity contribution in [3.8, 4) is 5.88 Å². The molecular formula is C17H15Cl2N3O2. The zero-order chi connectivity index (χ0) is 17.3. The first-order valence-electron chi connectivity index (χ1n) is 7.32. The van der Waals surface area contributed by atoms with E-state index in [0.717, 1.165) is 11.3 Å². The van der Waals surface area contributed by atoms with Gasteiger partial charge in [0.15, 0.2) is 0 Å². The van der Waals surface area contributed by atoms with Gasteiger partial charge in [-0.2, -0.15) is 5.10 Å². The Morgan fingerprint density at radius 2 is 1.88 bits per heavy atom. The van der Waals surface area contributed by atoms with Crippen LogP contribution in [0.2, 0.25) is 10.0 Å². The summed E-state index contributed by atoms with van der Waals surface area (Å²) >= 11 is 12.1. The number of nitrogens with zero attached hydrogens (tertiary/aromatic N) is 3. The summed E-state index contributed by atoms with van der Waals surface area (Å²) in [6, 6.07) is 10.4. The third kappa shape index (κ3) is 3.32. The van der Waals surface area contributed by atoms with E-state index in [4.69, 9.17) is 27.9 Å². The van der Waals surface area contributed by atoms with Crippen molar-refractivity contribution in [2.24, 2.45) is 0 Å². The second-order valence-corrected chi connectivity index (χ2v) is 6.19. The molecule has 1 atom stereocenters. The van der Waals surface area contributed by atoms with E-state index in [1.54, 1.807) is 47.4 Å². The molecule has 1 unspecified atom stereocenters.